The molecule has 3 atom stereocenters. The Morgan fingerprint density at radius 2 is 1.86 bits per heavy atom. The zero-order valence-electron chi connectivity index (χ0n) is 16.4. The van der Waals surface area contributed by atoms with Crippen LogP contribution in [0, 0.1) is 5.92 Å². The lowest BCUT2D eigenvalue weighted by Gasteiger charge is -2.43. The lowest BCUT2D eigenvalue weighted by molar-refractivity contribution is -0.0381. The van der Waals surface area contributed by atoms with Gasteiger partial charge in [0.15, 0.2) is 0 Å². The molecule has 1 fully saturated rings. The van der Waals surface area contributed by atoms with Gasteiger partial charge in [0.05, 0.1) is 12.1 Å². The average molecular weight is 403 g/mol. The summed E-state index contributed by atoms with van der Waals surface area (Å²) in [5.74, 6) is 0.405. The van der Waals surface area contributed by atoms with Crippen molar-refractivity contribution in [1.82, 2.24) is 4.57 Å². The van der Waals surface area contributed by atoms with Crippen LogP contribution in [0.2, 0.25) is 5.02 Å². The summed E-state index contributed by atoms with van der Waals surface area (Å²) in [6.45, 7) is 0.822. The molecule has 6 rings (SSSR count). The SMILES string of the molecule is Cn1c2ccccc2c2cc([C@@H]3Nc4ccc(Cl)cc4C4OCCCC43)ccc21. The van der Waals surface area contributed by atoms with E-state index in [1.807, 2.05) is 6.07 Å². The van der Waals surface area contributed by atoms with Gasteiger partial charge in [-0.2, -0.15) is 0 Å². The van der Waals surface area contributed by atoms with Gasteiger partial charge in [-0.25, -0.2) is 0 Å². The fraction of sp³-hybridized carbons (Fsp3) is 0.280. The van der Waals surface area contributed by atoms with Gasteiger partial charge in [0, 0.05) is 57.7 Å². The largest absolute Gasteiger partial charge is 0.378 e. The molecule has 4 heteroatoms. The summed E-state index contributed by atoms with van der Waals surface area (Å²) in [5, 5.41) is 7.21. The quantitative estimate of drug-likeness (QED) is 0.387. The second-order valence-electron chi connectivity index (χ2n) is 8.30. The van der Waals surface area contributed by atoms with Gasteiger partial charge in [-0.15, -0.1) is 0 Å². The monoisotopic (exact) mass is 402 g/mol. The number of benzene rings is 3. The van der Waals surface area contributed by atoms with Crippen LogP contribution in [0.1, 0.15) is 36.1 Å². The van der Waals surface area contributed by atoms with Gasteiger partial charge in [-0.3, -0.25) is 0 Å². The van der Waals surface area contributed by atoms with Crippen LogP contribution in [0.15, 0.2) is 60.7 Å². The van der Waals surface area contributed by atoms with Crippen molar-refractivity contribution in [1.29, 1.82) is 0 Å². The van der Waals surface area contributed by atoms with Crippen LogP contribution < -0.4 is 5.32 Å². The molecule has 0 saturated carbocycles. The fourth-order valence-corrected chi connectivity index (χ4v) is 5.53. The third kappa shape index (κ3) is 2.61. The van der Waals surface area contributed by atoms with Crippen molar-refractivity contribution < 1.29 is 4.74 Å². The molecule has 1 saturated heterocycles. The number of aryl methyl sites for hydroxylation is 1. The number of hydrogen-bond acceptors (Lipinski definition) is 2. The summed E-state index contributed by atoms with van der Waals surface area (Å²) in [6, 6.07) is 21.9. The number of ether oxygens (including phenoxy) is 1. The zero-order chi connectivity index (χ0) is 19.5. The van der Waals surface area contributed by atoms with Crippen LogP contribution in [-0.2, 0) is 11.8 Å². The molecule has 1 aromatic heterocycles. The number of halogens is 1. The number of para-hydroxylation sites is 1. The third-order valence-corrected chi connectivity index (χ3v) is 6.96. The Bertz CT molecular complexity index is 1240. The molecule has 3 heterocycles. The van der Waals surface area contributed by atoms with Crippen molar-refractivity contribution in [3.63, 3.8) is 0 Å². The standard InChI is InChI=1S/C25H23ClN2O/c1-28-22-7-3-2-5-17(22)19-13-15(8-11-23(19)28)24-18-6-4-12-29-25(18)20-14-16(26)9-10-21(20)27-24/h2-3,5,7-11,13-14,18,24-25,27H,4,6,12H2,1H3/t18?,24-,25?/m0/s1. The number of nitrogens with one attached hydrogen (secondary N) is 1. The first kappa shape index (κ1) is 17.4. The maximum Gasteiger partial charge on any atom is 0.0896 e. The van der Waals surface area contributed by atoms with Gasteiger partial charge in [-0.1, -0.05) is 35.9 Å². The van der Waals surface area contributed by atoms with E-state index in [9.17, 15) is 0 Å². The Morgan fingerprint density at radius 1 is 1.00 bits per heavy atom. The Kier molecular flexibility index (Phi) is 3.90. The molecular formula is C25H23ClN2O. The third-order valence-electron chi connectivity index (χ3n) is 6.72. The number of aromatic nitrogens is 1. The number of rotatable bonds is 1. The Labute approximate surface area is 175 Å². The molecule has 1 N–H and O–H groups in total. The molecule has 3 nitrogen and oxygen atoms in total. The Hall–Kier alpha value is -2.49. The van der Waals surface area contributed by atoms with Crippen molar-refractivity contribution in [2.75, 3.05) is 11.9 Å². The van der Waals surface area contributed by atoms with E-state index in [4.69, 9.17) is 16.3 Å². The molecule has 2 aliphatic rings. The molecular weight excluding hydrogens is 380 g/mol. The van der Waals surface area contributed by atoms with E-state index in [-0.39, 0.29) is 12.1 Å². The van der Waals surface area contributed by atoms with E-state index >= 15 is 0 Å². The van der Waals surface area contributed by atoms with Crippen LogP contribution in [0.5, 0.6) is 0 Å². The summed E-state index contributed by atoms with van der Waals surface area (Å²) in [6.07, 6.45) is 2.36. The predicted octanol–water partition coefficient (Wildman–Crippen LogP) is 6.62. The smallest absolute Gasteiger partial charge is 0.0896 e. The van der Waals surface area contributed by atoms with Crippen molar-refractivity contribution in [2.24, 2.45) is 13.0 Å². The highest BCUT2D eigenvalue weighted by Gasteiger charge is 2.40. The average Bonchev–Trinajstić information content (AvgIpc) is 3.05. The van der Waals surface area contributed by atoms with Crippen LogP contribution in [0.4, 0.5) is 5.69 Å². The number of fused-ring (bicyclic) bond motifs is 6. The lowest BCUT2D eigenvalue weighted by atomic mass is 9.77. The van der Waals surface area contributed by atoms with Gasteiger partial charge in [0.1, 0.15) is 0 Å². The Balaban J connectivity index is 1.51. The molecule has 2 unspecified atom stereocenters. The molecule has 146 valence electrons. The van der Waals surface area contributed by atoms with Crippen LogP contribution in [-0.4, -0.2) is 11.2 Å². The number of hydrogen-bond donors (Lipinski definition) is 1. The molecule has 0 spiro atoms. The number of anilines is 1. The molecule has 3 aromatic carbocycles. The summed E-state index contributed by atoms with van der Waals surface area (Å²) in [7, 11) is 2.15. The molecule has 2 aliphatic heterocycles. The first-order chi connectivity index (χ1) is 14.2. The van der Waals surface area contributed by atoms with Crippen molar-refractivity contribution in [2.45, 2.75) is 25.0 Å². The highest BCUT2D eigenvalue weighted by atomic mass is 35.5. The summed E-state index contributed by atoms with van der Waals surface area (Å²) < 4.78 is 8.56. The van der Waals surface area contributed by atoms with Gasteiger partial charge in [0.25, 0.3) is 0 Å². The second kappa shape index (κ2) is 6.51. The minimum absolute atomic E-state index is 0.104. The predicted molar refractivity (Wildman–Crippen MR) is 120 cm³/mol. The van der Waals surface area contributed by atoms with Crippen LogP contribution in [0.25, 0.3) is 21.8 Å². The van der Waals surface area contributed by atoms with Gasteiger partial charge >= 0.3 is 0 Å². The van der Waals surface area contributed by atoms with Gasteiger partial charge < -0.3 is 14.6 Å². The van der Waals surface area contributed by atoms with Crippen molar-refractivity contribution in [3.8, 4) is 0 Å². The zero-order valence-corrected chi connectivity index (χ0v) is 17.1. The maximum atomic E-state index is 6.30. The summed E-state index contributed by atoms with van der Waals surface area (Å²) in [5.41, 5.74) is 6.21. The van der Waals surface area contributed by atoms with E-state index in [1.165, 1.54) is 32.9 Å². The maximum absolute atomic E-state index is 6.30. The highest BCUT2D eigenvalue weighted by Crippen LogP contribution is 2.50. The van der Waals surface area contributed by atoms with Gasteiger partial charge in [0.2, 0.25) is 0 Å². The molecule has 0 radical (unpaired) electrons. The normalized spacial score (nSPS) is 23.6. The van der Waals surface area contributed by atoms with E-state index < -0.39 is 0 Å². The van der Waals surface area contributed by atoms with Crippen molar-refractivity contribution >= 4 is 39.1 Å². The van der Waals surface area contributed by atoms with Crippen LogP contribution >= 0.6 is 11.6 Å². The van der Waals surface area contributed by atoms with E-state index in [0.717, 1.165) is 30.2 Å². The molecule has 29 heavy (non-hydrogen) atoms. The Morgan fingerprint density at radius 3 is 2.79 bits per heavy atom. The van der Waals surface area contributed by atoms with E-state index in [1.54, 1.807) is 0 Å². The minimum atomic E-state index is 0.104. The number of nitrogens with zero attached hydrogens (tertiary/aromatic N) is 1. The minimum Gasteiger partial charge on any atom is -0.378 e. The molecule has 0 bridgehead atoms. The lowest BCUT2D eigenvalue weighted by Crippen LogP contribution is -2.36. The second-order valence-corrected chi connectivity index (χ2v) is 8.74. The molecule has 0 amide bonds. The molecule has 4 aromatic rings. The van der Waals surface area contributed by atoms with Gasteiger partial charge in [-0.05, 0) is 54.8 Å². The highest BCUT2D eigenvalue weighted by molar-refractivity contribution is 6.30. The molecule has 0 aliphatic carbocycles. The van der Waals surface area contributed by atoms with Crippen molar-refractivity contribution in [3.05, 3.63) is 76.8 Å². The summed E-state index contributed by atoms with van der Waals surface area (Å²) in [4.78, 5) is 0. The van der Waals surface area contributed by atoms with Crippen LogP contribution in [0.3, 0.4) is 0 Å². The first-order valence-electron chi connectivity index (χ1n) is 10.4. The summed E-state index contributed by atoms with van der Waals surface area (Å²) >= 11 is 6.30. The topological polar surface area (TPSA) is 26.2 Å². The first-order valence-corrected chi connectivity index (χ1v) is 10.7. The fourth-order valence-electron chi connectivity index (χ4n) is 5.35. The van der Waals surface area contributed by atoms with E-state index in [2.05, 4.69) is 71.5 Å². The van der Waals surface area contributed by atoms with E-state index in [0.29, 0.717) is 5.92 Å².